The maximum absolute atomic E-state index is 12.6. The molecule has 2 aromatic carbocycles. The van der Waals surface area contributed by atoms with Gasteiger partial charge < -0.3 is 16.4 Å². The van der Waals surface area contributed by atoms with Crippen LogP contribution in [0.5, 0.6) is 0 Å². The molecule has 1 aromatic heterocycles. The van der Waals surface area contributed by atoms with E-state index in [2.05, 4.69) is 21.7 Å². The van der Waals surface area contributed by atoms with Gasteiger partial charge in [0.25, 0.3) is 5.91 Å². The number of para-hydroxylation sites is 1. The zero-order chi connectivity index (χ0) is 18.8. The van der Waals surface area contributed by atoms with Gasteiger partial charge in [0.2, 0.25) is 0 Å². The molecule has 7 heteroatoms. The van der Waals surface area contributed by atoms with Gasteiger partial charge in [-0.2, -0.15) is 0 Å². The number of anilines is 4. The Morgan fingerprint density at radius 3 is 2.50 bits per heavy atom. The summed E-state index contributed by atoms with van der Waals surface area (Å²) in [6.07, 6.45) is 0. The topological polar surface area (TPSA) is 80.0 Å². The average molecular weight is 387 g/mol. The minimum absolute atomic E-state index is 0.184. The van der Waals surface area contributed by atoms with Crippen LogP contribution >= 0.6 is 22.9 Å². The molecule has 134 valence electrons. The van der Waals surface area contributed by atoms with E-state index >= 15 is 0 Å². The summed E-state index contributed by atoms with van der Waals surface area (Å²) in [6.45, 7) is 5.93. The number of rotatable bonds is 4. The highest BCUT2D eigenvalue weighted by atomic mass is 35.5. The Balaban J connectivity index is 1.82. The average Bonchev–Trinajstić information content (AvgIpc) is 2.90. The molecule has 4 N–H and O–H groups in total. The van der Waals surface area contributed by atoms with Gasteiger partial charge in [0.05, 0.1) is 10.7 Å². The number of nitrogen functional groups attached to an aromatic ring is 1. The largest absolute Gasteiger partial charge is 0.382 e. The van der Waals surface area contributed by atoms with Gasteiger partial charge in [-0.15, -0.1) is 0 Å². The molecule has 0 fully saturated rings. The molecule has 1 heterocycles. The number of nitrogens with two attached hydrogens (primary N) is 1. The molecule has 0 aliphatic carbocycles. The van der Waals surface area contributed by atoms with Crippen LogP contribution in [0.1, 0.15) is 26.4 Å². The van der Waals surface area contributed by atoms with Crippen molar-refractivity contribution >= 4 is 51.2 Å². The number of benzene rings is 2. The van der Waals surface area contributed by atoms with Gasteiger partial charge in [0, 0.05) is 5.69 Å². The van der Waals surface area contributed by atoms with E-state index < -0.39 is 0 Å². The Labute approximate surface area is 161 Å². The van der Waals surface area contributed by atoms with Crippen LogP contribution < -0.4 is 16.4 Å². The molecule has 0 aliphatic heterocycles. The lowest BCUT2D eigenvalue weighted by Crippen LogP contribution is -2.13. The predicted octanol–water partition coefficient (Wildman–Crippen LogP) is 5.30. The molecule has 26 heavy (non-hydrogen) atoms. The van der Waals surface area contributed by atoms with Crippen molar-refractivity contribution in [2.24, 2.45) is 0 Å². The first-order chi connectivity index (χ1) is 12.3. The van der Waals surface area contributed by atoms with Crippen molar-refractivity contribution in [2.75, 3.05) is 16.4 Å². The fourth-order valence-corrected chi connectivity index (χ4v) is 3.75. The molecule has 1 amide bonds. The Kier molecular flexibility index (Phi) is 5.15. The summed E-state index contributed by atoms with van der Waals surface area (Å²) in [4.78, 5) is 17.2. The van der Waals surface area contributed by atoms with E-state index in [-0.39, 0.29) is 11.7 Å². The van der Waals surface area contributed by atoms with E-state index in [0.717, 1.165) is 22.4 Å². The van der Waals surface area contributed by atoms with E-state index in [4.69, 9.17) is 17.3 Å². The number of hydrogen-bond donors (Lipinski definition) is 3. The molecular weight excluding hydrogens is 368 g/mol. The van der Waals surface area contributed by atoms with Gasteiger partial charge in [-0.05, 0) is 55.7 Å². The molecule has 0 aliphatic rings. The van der Waals surface area contributed by atoms with Crippen molar-refractivity contribution in [3.8, 4) is 0 Å². The number of carbonyl (C=O) groups excluding carboxylic acids is 1. The zero-order valence-corrected chi connectivity index (χ0v) is 16.3. The molecule has 0 atom stereocenters. The second-order valence-corrected chi connectivity index (χ2v) is 7.53. The summed E-state index contributed by atoms with van der Waals surface area (Å²) in [5.41, 5.74) is 10.6. The van der Waals surface area contributed by atoms with Gasteiger partial charge in [0.15, 0.2) is 5.13 Å². The van der Waals surface area contributed by atoms with Crippen LogP contribution in [0, 0.1) is 20.8 Å². The quantitative estimate of drug-likeness (QED) is 0.568. The highest BCUT2D eigenvalue weighted by molar-refractivity contribution is 7.18. The smallest absolute Gasteiger partial charge is 0.269 e. The Morgan fingerprint density at radius 2 is 1.85 bits per heavy atom. The molecular formula is C19H19ClN4OS. The first kappa shape index (κ1) is 18.2. The van der Waals surface area contributed by atoms with Crippen LogP contribution in [-0.2, 0) is 0 Å². The first-order valence-electron chi connectivity index (χ1n) is 8.01. The van der Waals surface area contributed by atoms with Crippen molar-refractivity contribution in [3.05, 3.63) is 63.0 Å². The minimum Gasteiger partial charge on any atom is -0.382 e. The molecule has 0 saturated carbocycles. The lowest BCUT2D eigenvalue weighted by atomic mass is 10.1. The van der Waals surface area contributed by atoms with Crippen LogP contribution in [0.15, 0.2) is 36.4 Å². The number of nitrogens with zero attached hydrogens (tertiary/aromatic N) is 1. The Morgan fingerprint density at radius 1 is 1.15 bits per heavy atom. The van der Waals surface area contributed by atoms with Crippen LogP contribution in [0.4, 0.5) is 22.3 Å². The van der Waals surface area contributed by atoms with Crippen molar-refractivity contribution in [1.29, 1.82) is 0 Å². The van der Waals surface area contributed by atoms with Crippen molar-refractivity contribution < 1.29 is 4.79 Å². The molecule has 0 spiro atoms. The lowest BCUT2D eigenvalue weighted by Gasteiger charge is -2.09. The second-order valence-electron chi connectivity index (χ2n) is 6.12. The number of nitrogens with one attached hydrogen (secondary N) is 2. The third kappa shape index (κ3) is 3.98. The Hall–Kier alpha value is -2.57. The van der Waals surface area contributed by atoms with E-state index in [9.17, 15) is 4.79 Å². The van der Waals surface area contributed by atoms with E-state index in [1.54, 1.807) is 6.07 Å². The third-order valence-corrected chi connectivity index (χ3v) is 5.09. The van der Waals surface area contributed by atoms with Crippen LogP contribution in [0.2, 0.25) is 5.02 Å². The summed E-state index contributed by atoms with van der Waals surface area (Å²) >= 11 is 7.38. The van der Waals surface area contributed by atoms with Crippen molar-refractivity contribution in [3.63, 3.8) is 0 Å². The van der Waals surface area contributed by atoms with Crippen LogP contribution in [-0.4, -0.2) is 10.9 Å². The maximum Gasteiger partial charge on any atom is 0.269 e. The number of amides is 1. The molecule has 3 rings (SSSR count). The molecule has 0 saturated heterocycles. The maximum atomic E-state index is 12.6. The monoisotopic (exact) mass is 386 g/mol. The third-order valence-electron chi connectivity index (χ3n) is 3.79. The predicted molar refractivity (Wildman–Crippen MR) is 110 cm³/mol. The van der Waals surface area contributed by atoms with Crippen LogP contribution in [0.3, 0.4) is 0 Å². The van der Waals surface area contributed by atoms with Crippen LogP contribution in [0.25, 0.3) is 0 Å². The van der Waals surface area contributed by atoms with Gasteiger partial charge in [-0.25, -0.2) is 4.98 Å². The van der Waals surface area contributed by atoms with Crippen molar-refractivity contribution in [2.45, 2.75) is 20.8 Å². The van der Waals surface area contributed by atoms with Gasteiger partial charge in [0.1, 0.15) is 10.7 Å². The number of aromatic nitrogens is 1. The normalized spacial score (nSPS) is 10.6. The molecule has 0 bridgehead atoms. The van der Waals surface area contributed by atoms with E-state index in [1.165, 1.54) is 11.3 Å². The highest BCUT2D eigenvalue weighted by Gasteiger charge is 2.18. The molecule has 0 unspecified atom stereocenters. The number of thiazole rings is 1. The standard InChI is InChI=1S/C19H19ClN4OS/c1-10-7-11(2)9-13(8-10)22-19-24-17(21)16(26-19)18(25)23-15-12(3)5-4-6-14(15)20/h4-9H,21H2,1-3H3,(H,22,24)(H,23,25). The summed E-state index contributed by atoms with van der Waals surface area (Å²) in [5.74, 6) is -0.145. The summed E-state index contributed by atoms with van der Waals surface area (Å²) in [6, 6.07) is 11.6. The summed E-state index contributed by atoms with van der Waals surface area (Å²) in [5, 5.41) is 7.08. The highest BCUT2D eigenvalue weighted by Crippen LogP contribution is 2.31. The van der Waals surface area contributed by atoms with E-state index in [0.29, 0.717) is 20.7 Å². The molecule has 0 radical (unpaired) electrons. The lowest BCUT2D eigenvalue weighted by molar-refractivity contribution is 0.103. The van der Waals surface area contributed by atoms with Gasteiger partial charge in [-0.1, -0.05) is 41.1 Å². The molecule has 5 nitrogen and oxygen atoms in total. The second kappa shape index (κ2) is 7.35. The SMILES string of the molecule is Cc1cc(C)cc(Nc2nc(N)c(C(=O)Nc3c(C)cccc3Cl)s2)c1. The molecule has 3 aromatic rings. The number of hydrogen-bond acceptors (Lipinski definition) is 5. The summed E-state index contributed by atoms with van der Waals surface area (Å²) in [7, 11) is 0. The zero-order valence-electron chi connectivity index (χ0n) is 14.7. The first-order valence-corrected chi connectivity index (χ1v) is 9.21. The van der Waals surface area contributed by atoms with Crippen molar-refractivity contribution in [1.82, 2.24) is 4.98 Å². The number of carbonyl (C=O) groups is 1. The van der Waals surface area contributed by atoms with Gasteiger partial charge >= 0.3 is 0 Å². The van der Waals surface area contributed by atoms with Gasteiger partial charge in [-0.3, -0.25) is 4.79 Å². The fourth-order valence-electron chi connectivity index (χ4n) is 2.68. The number of aryl methyl sites for hydroxylation is 3. The minimum atomic E-state index is -0.329. The van der Waals surface area contributed by atoms with E-state index in [1.807, 2.05) is 45.0 Å². The fraction of sp³-hybridized carbons (Fsp3) is 0.158. The number of halogens is 1. The Bertz CT molecular complexity index is 943. The summed E-state index contributed by atoms with van der Waals surface area (Å²) < 4.78 is 0.